The molecule has 4 rings (SSSR count). The molecule has 1 amide bonds. The van der Waals surface area contributed by atoms with Crippen molar-refractivity contribution >= 4 is 21.7 Å². The number of hydrogen-bond acceptors (Lipinski definition) is 5. The van der Waals surface area contributed by atoms with E-state index >= 15 is 0 Å². The molecule has 1 N–H and O–H groups in total. The van der Waals surface area contributed by atoms with Crippen LogP contribution in [0.25, 0.3) is 0 Å². The monoisotopic (exact) mass is 484 g/mol. The number of benzene rings is 1. The molecule has 1 aromatic heterocycles. The molecular weight excluding hydrogens is 448 g/mol. The predicted octanol–water partition coefficient (Wildman–Crippen LogP) is 3.44. The van der Waals surface area contributed by atoms with Gasteiger partial charge in [-0.25, -0.2) is 18.1 Å². The second kappa shape index (κ2) is 10.4. The molecule has 34 heavy (non-hydrogen) atoms. The fourth-order valence-electron chi connectivity index (χ4n) is 5.46. The van der Waals surface area contributed by atoms with Gasteiger partial charge in [-0.2, -0.15) is 0 Å². The Kier molecular flexibility index (Phi) is 7.57. The smallest absolute Gasteiger partial charge is 0.241 e. The lowest BCUT2D eigenvalue weighted by molar-refractivity contribution is -0.137. The third kappa shape index (κ3) is 5.61. The Labute approximate surface area is 203 Å². The average molecular weight is 485 g/mol. The summed E-state index contributed by atoms with van der Waals surface area (Å²) in [5, 5.41) is 0. The lowest BCUT2D eigenvalue weighted by Gasteiger charge is -2.38. The Morgan fingerprint density at radius 1 is 1.00 bits per heavy atom. The minimum absolute atomic E-state index is 0.0517. The highest BCUT2D eigenvalue weighted by Gasteiger charge is 2.32. The second-order valence-corrected chi connectivity index (χ2v) is 11.5. The van der Waals surface area contributed by atoms with Crippen molar-refractivity contribution in [3.63, 3.8) is 0 Å². The van der Waals surface area contributed by atoms with Gasteiger partial charge in [0.05, 0.1) is 4.90 Å². The van der Waals surface area contributed by atoms with Crippen molar-refractivity contribution in [3.05, 3.63) is 53.2 Å². The van der Waals surface area contributed by atoms with Gasteiger partial charge in [-0.15, -0.1) is 0 Å². The molecule has 0 unspecified atom stereocenters. The van der Waals surface area contributed by atoms with Gasteiger partial charge in [-0.05, 0) is 75.6 Å². The average Bonchev–Trinajstić information content (AvgIpc) is 2.82. The zero-order valence-corrected chi connectivity index (χ0v) is 21.3. The number of rotatable bonds is 6. The first-order valence-corrected chi connectivity index (χ1v) is 13.7. The van der Waals surface area contributed by atoms with Gasteiger partial charge in [0, 0.05) is 44.8 Å². The zero-order chi connectivity index (χ0) is 24.3. The summed E-state index contributed by atoms with van der Waals surface area (Å²) in [5.74, 6) is 1.54. The van der Waals surface area contributed by atoms with E-state index in [1.165, 1.54) is 0 Å². The number of carbonyl (C=O) groups is 1. The summed E-state index contributed by atoms with van der Waals surface area (Å²) in [7, 11) is -3.55. The van der Waals surface area contributed by atoms with Gasteiger partial charge < -0.3 is 9.80 Å². The Balaban J connectivity index is 1.25. The number of sulfonamides is 1. The lowest BCUT2D eigenvalue weighted by Crippen LogP contribution is -2.51. The number of piperazine rings is 1. The highest BCUT2D eigenvalue weighted by Crippen LogP contribution is 2.31. The van der Waals surface area contributed by atoms with Crippen LogP contribution in [-0.4, -0.2) is 56.9 Å². The first-order valence-electron chi connectivity index (χ1n) is 12.3. The summed E-state index contributed by atoms with van der Waals surface area (Å²) in [5.41, 5.74) is 2.62. The molecule has 2 heterocycles. The molecular formula is C26H36N4O3S. The number of hydrogen-bond donors (Lipinski definition) is 1. The van der Waals surface area contributed by atoms with Crippen molar-refractivity contribution in [2.45, 2.75) is 51.3 Å². The molecule has 1 aliphatic heterocycles. The molecule has 1 aliphatic carbocycles. The van der Waals surface area contributed by atoms with Crippen LogP contribution in [-0.2, 0) is 14.8 Å². The molecule has 7 nitrogen and oxygen atoms in total. The molecule has 0 bridgehead atoms. The van der Waals surface area contributed by atoms with Gasteiger partial charge >= 0.3 is 0 Å². The third-order valence-electron chi connectivity index (χ3n) is 7.20. The Morgan fingerprint density at radius 3 is 2.24 bits per heavy atom. The highest BCUT2D eigenvalue weighted by molar-refractivity contribution is 7.89. The van der Waals surface area contributed by atoms with Crippen LogP contribution >= 0.6 is 0 Å². The molecule has 0 spiro atoms. The van der Waals surface area contributed by atoms with Crippen LogP contribution in [0.1, 0.15) is 42.4 Å². The van der Waals surface area contributed by atoms with Crippen molar-refractivity contribution in [3.8, 4) is 0 Å². The first-order chi connectivity index (χ1) is 16.2. The summed E-state index contributed by atoms with van der Waals surface area (Å²) in [6, 6.07) is 9.73. The Morgan fingerprint density at radius 2 is 1.65 bits per heavy atom. The molecule has 0 radical (unpaired) electrons. The summed E-state index contributed by atoms with van der Waals surface area (Å²) in [6.45, 7) is 9.16. The van der Waals surface area contributed by atoms with E-state index in [1.54, 1.807) is 6.20 Å². The molecule has 2 fully saturated rings. The Bertz CT molecular complexity index is 1080. The van der Waals surface area contributed by atoms with Crippen molar-refractivity contribution in [2.24, 2.45) is 11.8 Å². The molecule has 8 heteroatoms. The number of aryl methyl sites for hydroxylation is 3. The number of nitrogens with zero attached hydrogens (tertiary/aromatic N) is 3. The SMILES string of the molecule is Cc1cc(C)c(S(=O)(=O)NCC2CCC(C(=O)N3CCN(c4ccccn4)CC3)CC2)c(C)c1. The van der Waals surface area contributed by atoms with E-state index in [9.17, 15) is 13.2 Å². The van der Waals surface area contributed by atoms with E-state index in [1.807, 2.05) is 56.0 Å². The Hall–Kier alpha value is -2.45. The van der Waals surface area contributed by atoms with E-state index in [2.05, 4.69) is 14.6 Å². The maximum atomic E-state index is 13.1. The fourth-order valence-corrected chi connectivity index (χ4v) is 7.02. The molecule has 184 valence electrons. The summed E-state index contributed by atoms with van der Waals surface area (Å²) < 4.78 is 28.8. The highest BCUT2D eigenvalue weighted by atomic mass is 32.2. The van der Waals surface area contributed by atoms with Crippen molar-refractivity contribution in [1.29, 1.82) is 0 Å². The molecule has 2 aromatic rings. The van der Waals surface area contributed by atoms with Gasteiger partial charge in [0.15, 0.2) is 0 Å². The number of nitrogens with one attached hydrogen (secondary N) is 1. The van der Waals surface area contributed by atoms with Crippen LogP contribution in [0.4, 0.5) is 5.82 Å². The van der Waals surface area contributed by atoms with Gasteiger partial charge in [0.2, 0.25) is 15.9 Å². The minimum atomic E-state index is -3.55. The van der Waals surface area contributed by atoms with E-state index in [4.69, 9.17) is 0 Å². The molecule has 1 saturated heterocycles. The normalized spacial score (nSPS) is 21.5. The van der Waals surface area contributed by atoms with Gasteiger partial charge in [-0.3, -0.25) is 4.79 Å². The number of aromatic nitrogens is 1. The standard InChI is InChI=1S/C26H36N4O3S/c1-19-16-20(2)25(21(3)17-19)34(32,33)28-18-22-7-9-23(10-8-22)26(31)30-14-12-29(13-15-30)24-6-4-5-11-27-24/h4-6,11,16-17,22-23,28H,7-10,12-15,18H2,1-3H3. The van der Waals surface area contributed by atoms with Gasteiger partial charge in [0.25, 0.3) is 0 Å². The molecule has 1 saturated carbocycles. The van der Waals surface area contributed by atoms with E-state index < -0.39 is 10.0 Å². The summed E-state index contributed by atoms with van der Waals surface area (Å²) >= 11 is 0. The largest absolute Gasteiger partial charge is 0.353 e. The quantitative estimate of drug-likeness (QED) is 0.679. The van der Waals surface area contributed by atoms with E-state index in [0.717, 1.165) is 74.4 Å². The van der Waals surface area contributed by atoms with Crippen molar-refractivity contribution in [1.82, 2.24) is 14.6 Å². The lowest BCUT2D eigenvalue weighted by atomic mass is 9.81. The number of anilines is 1. The molecule has 1 aromatic carbocycles. The summed E-state index contributed by atoms with van der Waals surface area (Å²) in [6.07, 6.45) is 5.20. The van der Waals surface area contributed by atoms with Crippen LogP contribution in [0.5, 0.6) is 0 Å². The zero-order valence-electron chi connectivity index (χ0n) is 20.5. The van der Waals surface area contributed by atoms with Crippen LogP contribution < -0.4 is 9.62 Å². The fraction of sp³-hybridized carbons (Fsp3) is 0.538. The number of carbonyl (C=O) groups excluding carboxylic acids is 1. The topological polar surface area (TPSA) is 82.6 Å². The van der Waals surface area contributed by atoms with Crippen molar-refractivity contribution in [2.75, 3.05) is 37.6 Å². The minimum Gasteiger partial charge on any atom is -0.353 e. The van der Waals surface area contributed by atoms with Crippen LogP contribution in [0.15, 0.2) is 41.4 Å². The number of amides is 1. The summed E-state index contributed by atoms with van der Waals surface area (Å²) in [4.78, 5) is 22.1. The second-order valence-electron chi connectivity index (χ2n) is 9.80. The van der Waals surface area contributed by atoms with Gasteiger partial charge in [0.1, 0.15) is 5.82 Å². The maximum absolute atomic E-state index is 13.1. The van der Waals surface area contributed by atoms with Crippen molar-refractivity contribution < 1.29 is 13.2 Å². The number of pyridine rings is 1. The first kappa shape index (κ1) is 24.7. The molecule has 0 atom stereocenters. The predicted molar refractivity (Wildman–Crippen MR) is 134 cm³/mol. The van der Waals surface area contributed by atoms with E-state index in [-0.39, 0.29) is 17.7 Å². The third-order valence-corrected chi connectivity index (χ3v) is 8.92. The molecule has 2 aliphatic rings. The van der Waals surface area contributed by atoms with Crippen LogP contribution in [0.3, 0.4) is 0 Å². The van der Waals surface area contributed by atoms with E-state index in [0.29, 0.717) is 11.4 Å². The van der Waals surface area contributed by atoms with Crippen LogP contribution in [0.2, 0.25) is 0 Å². The maximum Gasteiger partial charge on any atom is 0.241 e. The van der Waals surface area contributed by atoms with Gasteiger partial charge in [-0.1, -0.05) is 23.8 Å². The van der Waals surface area contributed by atoms with Crippen LogP contribution in [0, 0.1) is 32.6 Å².